The van der Waals surface area contributed by atoms with Gasteiger partial charge in [-0.1, -0.05) is 18.2 Å². The maximum absolute atomic E-state index is 11.8. The highest BCUT2D eigenvalue weighted by atomic mass is 32.1. The van der Waals surface area contributed by atoms with E-state index >= 15 is 0 Å². The molecule has 1 aliphatic heterocycles. The number of hydrogen-bond donors (Lipinski definition) is 2. The van der Waals surface area contributed by atoms with Gasteiger partial charge in [0.05, 0.1) is 6.61 Å². The molecule has 4 nitrogen and oxygen atoms in total. The average molecular weight is 290 g/mol. The smallest absolute Gasteiger partial charge is 0.315 e. The van der Waals surface area contributed by atoms with Gasteiger partial charge in [-0.25, -0.2) is 4.79 Å². The Hall–Kier alpha value is -1.59. The molecule has 1 fully saturated rings. The molecule has 0 saturated carbocycles. The van der Waals surface area contributed by atoms with Gasteiger partial charge < -0.3 is 15.4 Å². The Kier molecular flexibility index (Phi) is 4.18. The van der Waals surface area contributed by atoms with Gasteiger partial charge in [-0.05, 0) is 28.8 Å². The Labute approximate surface area is 122 Å². The normalized spacial score (nSPS) is 18.3. The van der Waals surface area contributed by atoms with E-state index in [2.05, 4.69) is 28.1 Å². The second-order valence-electron chi connectivity index (χ2n) is 5.05. The summed E-state index contributed by atoms with van der Waals surface area (Å²) in [4.78, 5) is 11.8. The molecule has 2 amide bonds. The Morgan fingerprint density at radius 1 is 1.35 bits per heavy atom. The number of carbonyl (C=O) groups excluding carboxylic acids is 1. The number of amides is 2. The molecule has 0 radical (unpaired) electrons. The van der Waals surface area contributed by atoms with Gasteiger partial charge in [0.15, 0.2) is 0 Å². The summed E-state index contributed by atoms with van der Waals surface area (Å²) in [5.41, 5.74) is 1.17. The highest BCUT2D eigenvalue weighted by molar-refractivity contribution is 7.17. The van der Waals surface area contributed by atoms with Crippen molar-refractivity contribution in [2.24, 2.45) is 5.92 Å². The Bertz CT molecular complexity index is 590. The summed E-state index contributed by atoms with van der Waals surface area (Å²) < 4.78 is 6.54. The number of thiophene rings is 1. The first-order valence-corrected chi connectivity index (χ1v) is 7.75. The molecule has 0 spiro atoms. The van der Waals surface area contributed by atoms with Crippen LogP contribution in [0.3, 0.4) is 0 Å². The van der Waals surface area contributed by atoms with Crippen molar-refractivity contribution in [1.29, 1.82) is 0 Å². The summed E-state index contributed by atoms with van der Waals surface area (Å²) in [6, 6.07) is 8.15. The molecule has 3 rings (SSSR count). The van der Waals surface area contributed by atoms with Crippen molar-refractivity contribution >= 4 is 27.5 Å². The van der Waals surface area contributed by atoms with Gasteiger partial charge in [0, 0.05) is 30.3 Å². The maximum Gasteiger partial charge on any atom is 0.315 e. The predicted octanol–water partition coefficient (Wildman–Crippen LogP) is 2.74. The fourth-order valence-electron chi connectivity index (χ4n) is 2.39. The van der Waals surface area contributed by atoms with Crippen molar-refractivity contribution in [3.63, 3.8) is 0 Å². The monoisotopic (exact) mass is 290 g/mol. The van der Waals surface area contributed by atoms with Crippen LogP contribution in [0.5, 0.6) is 0 Å². The van der Waals surface area contributed by atoms with Crippen LogP contribution >= 0.6 is 11.3 Å². The molecule has 1 aromatic heterocycles. The zero-order valence-corrected chi connectivity index (χ0v) is 12.0. The van der Waals surface area contributed by atoms with Crippen LogP contribution < -0.4 is 10.6 Å². The molecule has 0 bridgehead atoms. The molecular weight excluding hydrogens is 272 g/mol. The second-order valence-corrected chi connectivity index (χ2v) is 5.96. The highest BCUT2D eigenvalue weighted by Crippen LogP contribution is 2.25. The molecule has 1 saturated heterocycles. The minimum absolute atomic E-state index is 0.104. The molecule has 0 aliphatic carbocycles. The van der Waals surface area contributed by atoms with E-state index in [0.717, 1.165) is 19.6 Å². The zero-order chi connectivity index (χ0) is 13.8. The number of fused-ring (bicyclic) bond motifs is 1. The van der Waals surface area contributed by atoms with E-state index in [0.29, 0.717) is 19.0 Å². The summed E-state index contributed by atoms with van der Waals surface area (Å²) in [6.07, 6.45) is 1.04. The largest absolute Gasteiger partial charge is 0.381 e. The Morgan fingerprint density at radius 2 is 2.25 bits per heavy atom. The summed E-state index contributed by atoms with van der Waals surface area (Å²) in [7, 11) is 0. The molecule has 2 aromatic rings. The van der Waals surface area contributed by atoms with E-state index in [-0.39, 0.29) is 6.03 Å². The minimum atomic E-state index is -0.104. The number of benzene rings is 1. The number of rotatable bonds is 4. The van der Waals surface area contributed by atoms with Crippen molar-refractivity contribution < 1.29 is 9.53 Å². The van der Waals surface area contributed by atoms with Gasteiger partial charge in [-0.3, -0.25) is 0 Å². The van der Waals surface area contributed by atoms with Crippen LogP contribution in [0.2, 0.25) is 0 Å². The number of carbonyl (C=O) groups is 1. The second kappa shape index (κ2) is 6.24. The van der Waals surface area contributed by atoms with Crippen LogP contribution in [-0.4, -0.2) is 25.8 Å². The van der Waals surface area contributed by atoms with Crippen molar-refractivity contribution in [1.82, 2.24) is 10.6 Å². The van der Waals surface area contributed by atoms with E-state index in [1.807, 2.05) is 12.1 Å². The lowest BCUT2D eigenvalue weighted by atomic mass is 10.1. The van der Waals surface area contributed by atoms with Crippen LogP contribution in [0.15, 0.2) is 29.6 Å². The van der Waals surface area contributed by atoms with E-state index in [1.165, 1.54) is 15.6 Å². The third-order valence-electron chi connectivity index (χ3n) is 3.58. The average Bonchev–Trinajstić information content (AvgIpc) is 3.12. The summed E-state index contributed by atoms with van der Waals surface area (Å²) >= 11 is 1.71. The fraction of sp³-hybridized carbons (Fsp3) is 0.400. The summed E-state index contributed by atoms with van der Waals surface area (Å²) in [5, 5.41) is 9.16. The number of ether oxygens (including phenoxy) is 1. The van der Waals surface area contributed by atoms with Gasteiger partial charge in [0.2, 0.25) is 0 Å². The standard InChI is InChI=1S/C15H18N2O2S/c18-15(16-7-11-5-6-19-9-11)17-8-12-10-20-14-4-2-1-3-13(12)14/h1-4,10-11H,5-9H2,(H2,16,17,18). The van der Waals surface area contributed by atoms with E-state index < -0.39 is 0 Å². The molecule has 1 aliphatic rings. The SMILES string of the molecule is O=C(NCc1csc2ccccc12)NCC1CCOC1. The van der Waals surface area contributed by atoms with Crippen LogP contribution in [0.1, 0.15) is 12.0 Å². The van der Waals surface area contributed by atoms with Crippen molar-refractivity contribution in [2.75, 3.05) is 19.8 Å². The van der Waals surface area contributed by atoms with E-state index in [1.54, 1.807) is 11.3 Å². The maximum atomic E-state index is 11.8. The third-order valence-corrected chi connectivity index (χ3v) is 4.59. The summed E-state index contributed by atoms with van der Waals surface area (Å²) in [6.45, 7) is 2.83. The highest BCUT2D eigenvalue weighted by Gasteiger charge is 2.16. The Morgan fingerprint density at radius 3 is 3.10 bits per heavy atom. The topological polar surface area (TPSA) is 50.4 Å². The molecule has 2 N–H and O–H groups in total. The Balaban J connectivity index is 1.49. The van der Waals surface area contributed by atoms with Gasteiger partial charge in [-0.2, -0.15) is 0 Å². The molecule has 20 heavy (non-hydrogen) atoms. The predicted molar refractivity (Wildman–Crippen MR) is 81.0 cm³/mol. The molecule has 1 unspecified atom stereocenters. The fourth-order valence-corrected chi connectivity index (χ4v) is 3.35. The lowest BCUT2D eigenvalue weighted by Crippen LogP contribution is -2.37. The molecular formula is C15H18N2O2S. The number of hydrogen-bond acceptors (Lipinski definition) is 3. The van der Waals surface area contributed by atoms with Crippen LogP contribution in [0.4, 0.5) is 4.79 Å². The van der Waals surface area contributed by atoms with Gasteiger partial charge >= 0.3 is 6.03 Å². The molecule has 106 valence electrons. The molecule has 2 heterocycles. The molecule has 1 atom stereocenters. The van der Waals surface area contributed by atoms with E-state index in [9.17, 15) is 4.79 Å². The van der Waals surface area contributed by atoms with Gasteiger partial charge in [-0.15, -0.1) is 11.3 Å². The van der Waals surface area contributed by atoms with Gasteiger partial charge in [0.25, 0.3) is 0 Å². The van der Waals surface area contributed by atoms with Crippen LogP contribution in [0, 0.1) is 5.92 Å². The quantitative estimate of drug-likeness (QED) is 0.909. The lowest BCUT2D eigenvalue weighted by Gasteiger charge is -2.10. The first-order chi connectivity index (χ1) is 9.83. The number of urea groups is 1. The first kappa shape index (κ1) is 13.4. The zero-order valence-electron chi connectivity index (χ0n) is 11.2. The third kappa shape index (κ3) is 3.11. The minimum Gasteiger partial charge on any atom is -0.381 e. The summed E-state index contributed by atoms with van der Waals surface area (Å²) in [5.74, 6) is 0.461. The lowest BCUT2D eigenvalue weighted by molar-refractivity contribution is 0.185. The van der Waals surface area contributed by atoms with Crippen molar-refractivity contribution in [2.45, 2.75) is 13.0 Å². The molecule has 5 heteroatoms. The van der Waals surface area contributed by atoms with Gasteiger partial charge in [0.1, 0.15) is 0 Å². The first-order valence-electron chi connectivity index (χ1n) is 6.87. The van der Waals surface area contributed by atoms with Crippen molar-refractivity contribution in [3.05, 3.63) is 35.2 Å². The van der Waals surface area contributed by atoms with Crippen molar-refractivity contribution in [3.8, 4) is 0 Å². The van der Waals surface area contributed by atoms with Crippen LogP contribution in [-0.2, 0) is 11.3 Å². The van der Waals surface area contributed by atoms with E-state index in [4.69, 9.17) is 4.74 Å². The van der Waals surface area contributed by atoms with Crippen LogP contribution in [0.25, 0.3) is 10.1 Å². The number of nitrogens with one attached hydrogen (secondary N) is 2. The molecule has 1 aromatic carbocycles.